The van der Waals surface area contributed by atoms with Crippen LogP contribution >= 0.6 is 11.8 Å². The van der Waals surface area contributed by atoms with E-state index in [1.165, 1.54) is 10.5 Å². The summed E-state index contributed by atoms with van der Waals surface area (Å²) in [5.41, 5.74) is 7.08. The van der Waals surface area contributed by atoms with Gasteiger partial charge in [-0.25, -0.2) is 0 Å². The standard InChI is InChI=1S/C10H13NOS/c1-7-2-3-9-10(4-7)13-6-8(11)5-12-9/h2-4,8H,5-6,11H2,1H3/t8-/m1/s1. The normalized spacial score (nSPS) is 21.5. The van der Waals surface area contributed by atoms with Crippen LogP contribution in [0.4, 0.5) is 0 Å². The number of thioether (sulfide) groups is 1. The predicted molar refractivity (Wildman–Crippen MR) is 55.4 cm³/mol. The van der Waals surface area contributed by atoms with E-state index in [1.54, 1.807) is 11.8 Å². The summed E-state index contributed by atoms with van der Waals surface area (Å²) in [5.74, 6) is 1.92. The van der Waals surface area contributed by atoms with Crippen molar-refractivity contribution in [2.24, 2.45) is 5.73 Å². The molecule has 3 heteroatoms. The molecule has 1 aromatic rings. The van der Waals surface area contributed by atoms with Gasteiger partial charge in [0.2, 0.25) is 0 Å². The minimum Gasteiger partial charge on any atom is -0.491 e. The van der Waals surface area contributed by atoms with Crippen molar-refractivity contribution in [1.29, 1.82) is 0 Å². The van der Waals surface area contributed by atoms with Gasteiger partial charge in [-0.15, -0.1) is 11.8 Å². The van der Waals surface area contributed by atoms with Crippen LogP contribution in [0.25, 0.3) is 0 Å². The Kier molecular flexibility index (Phi) is 2.47. The monoisotopic (exact) mass is 195 g/mol. The zero-order valence-corrected chi connectivity index (χ0v) is 8.43. The van der Waals surface area contributed by atoms with E-state index >= 15 is 0 Å². The van der Waals surface area contributed by atoms with Crippen LogP contribution < -0.4 is 10.5 Å². The first-order valence-corrected chi connectivity index (χ1v) is 5.36. The zero-order valence-electron chi connectivity index (χ0n) is 7.62. The Labute approximate surface area is 82.5 Å². The number of rotatable bonds is 0. The van der Waals surface area contributed by atoms with E-state index < -0.39 is 0 Å². The highest BCUT2D eigenvalue weighted by Gasteiger charge is 2.13. The maximum absolute atomic E-state index is 5.81. The van der Waals surface area contributed by atoms with Crippen molar-refractivity contribution >= 4 is 11.8 Å². The van der Waals surface area contributed by atoms with E-state index in [9.17, 15) is 0 Å². The van der Waals surface area contributed by atoms with Gasteiger partial charge < -0.3 is 10.5 Å². The number of hydrogen-bond acceptors (Lipinski definition) is 3. The van der Waals surface area contributed by atoms with Crippen molar-refractivity contribution in [2.45, 2.75) is 17.9 Å². The third kappa shape index (κ3) is 1.98. The molecule has 0 radical (unpaired) electrons. The molecule has 2 N–H and O–H groups in total. The summed E-state index contributed by atoms with van der Waals surface area (Å²) in [6, 6.07) is 6.39. The van der Waals surface area contributed by atoms with Crippen molar-refractivity contribution in [3.8, 4) is 5.75 Å². The summed E-state index contributed by atoms with van der Waals surface area (Å²) < 4.78 is 5.57. The summed E-state index contributed by atoms with van der Waals surface area (Å²) in [4.78, 5) is 1.22. The van der Waals surface area contributed by atoms with Gasteiger partial charge in [0.1, 0.15) is 12.4 Å². The molecule has 1 atom stereocenters. The van der Waals surface area contributed by atoms with Gasteiger partial charge >= 0.3 is 0 Å². The van der Waals surface area contributed by atoms with Crippen LogP contribution in [0.3, 0.4) is 0 Å². The van der Waals surface area contributed by atoms with E-state index in [0.29, 0.717) is 6.61 Å². The second kappa shape index (κ2) is 3.60. The van der Waals surface area contributed by atoms with E-state index in [1.807, 2.05) is 6.07 Å². The van der Waals surface area contributed by atoms with Gasteiger partial charge in [-0.2, -0.15) is 0 Å². The van der Waals surface area contributed by atoms with Crippen LogP contribution in [-0.4, -0.2) is 18.4 Å². The minimum atomic E-state index is 0.151. The van der Waals surface area contributed by atoms with Gasteiger partial charge in [-0.05, 0) is 24.6 Å². The lowest BCUT2D eigenvalue weighted by Gasteiger charge is -2.07. The molecule has 13 heavy (non-hydrogen) atoms. The molecule has 70 valence electrons. The second-order valence-corrected chi connectivity index (χ2v) is 4.39. The highest BCUT2D eigenvalue weighted by atomic mass is 32.2. The first-order valence-electron chi connectivity index (χ1n) is 4.37. The molecule has 1 heterocycles. The van der Waals surface area contributed by atoms with Gasteiger partial charge in [-0.1, -0.05) is 6.07 Å². The lowest BCUT2D eigenvalue weighted by Crippen LogP contribution is -2.28. The van der Waals surface area contributed by atoms with Crippen molar-refractivity contribution < 1.29 is 4.74 Å². The quantitative estimate of drug-likeness (QED) is 0.685. The molecule has 0 fully saturated rings. The Morgan fingerprint density at radius 1 is 1.54 bits per heavy atom. The molecule has 0 spiro atoms. The SMILES string of the molecule is Cc1ccc2c(c1)SC[C@H](N)CO2. The Hall–Kier alpha value is -0.670. The van der Waals surface area contributed by atoms with Gasteiger partial charge in [0.05, 0.1) is 0 Å². The smallest absolute Gasteiger partial charge is 0.132 e. The average Bonchev–Trinajstić information content (AvgIpc) is 2.29. The van der Waals surface area contributed by atoms with Crippen LogP contribution in [0.5, 0.6) is 5.75 Å². The molecule has 0 bridgehead atoms. The Balaban J connectivity index is 2.30. The number of fused-ring (bicyclic) bond motifs is 1. The molecule has 1 aliphatic rings. The third-order valence-corrected chi connectivity index (χ3v) is 3.23. The lowest BCUT2D eigenvalue weighted by molar-refractivity contribution is 0.295. The van der Waals surface area contributed by atoms with Crippen LogP contribution in [-0.2, 0) is 0 Å². The Morgan fingerprint density at radius 3 is 3.23 bits per heavy atom. The molecule has 0 saturated carbocycles. The molecule has 1 aliphatic heterocycles. The number of ether oxygens (including phenoxy) is 1. The van der Waals surface area contributed by atoms with Gasteiger partial charge in [0.25, 0.3) is 0 Å². The summed E-state index contributed by atoms with van der Waals surface area (Å²) >= 11 is 1.78. The van der Waals surface area contributed by atoms with E-state index in [-0.39, 0.29) is 6.04 Å². The van der Waals surface area contributed by atoms with Crippen LogP contribution in [0, 0.1) is 6.92 Å². The lowest BCUT2D eigenvalue weighted by atomic mass is 10.2. The fraction of sp³-hybridized carbons (Fsp3) is 0.400. The topological polar surface area (TPSA) is 35.2 Å². The molecule has 0 amide bonds. The summed E-state index contributed by atoms with van der Waals surface area (Å²) in [6.45, 7) is 2.72. The van der Waals surface area contributed by atoms with Crippen molar-refractivity contribution in [3.05, 3.63) is 23.8 Å². The van der Waals surface area contributed by atoms with Gasteiger partial charge in [0, 0.05) is 16.7 Å². The average molecular weight is 195 g/mol. The highest BCUT2D eigenvalue weighted by molar-refractivity contribution is 7.99. The van der Waals surface area contributed by atoms with E-state index in [0.717, 1.165) is 11.5 Å². The Bertz CT molecular complexity index is 314. The molecule has 0 aliphatic carbocycles. The zero-order chi connectivity index (χ0) is 9.26. The first kappa shape index (κ1) is 8.91. The fourth-order valence-electron chi connectivity index (χ4n) is 1.29. The van der Waals surface area contributed by atoms with Crippen LogP contribution in [0.1, 0.15) is 5.56 Å². The number of aryl methyl sites for hydroxylation is 1. The maximum atomic E-state index is 5.81. The van der Waals surface area contributed by atoms with E-state index in [4.69, 9.17) is 10.5 Å². The third-order valence-electron chi connectivity index (χ3n) is 2.01. The predicted octanol–water partition coefficient (Wildman–Crippen LogP) is 1.81. The summed E-state index contributed by atoms with van der Waals surface area (Å²) in [6.07, 6.45) is 0. The molecule has 1 aromatic carbocycles. The molecule has 0 aromatic heterocycles. The molecule has 0 unspecified atom stereocenters. The Morgan fingerprint density at radius 2 is 2.38 bits per heavy atom. The van der Waals surface area contributed by atoms with Crippen molar-refractivity contribution in [3.63, 3.8) is 0 Å². The van der Waals surface area contributed by atoms with Crippen LogP contribution in [0.15, 0.2) is 23.1 Å². The molecule has 0 saturated heterocycles. The second-order valence-electron chi connectivity index (χ2n) is 3.33. The number of nitrogens with two attached hydrogens (primary N) is 1. The fourth-order valence-corrected chi connectivity index (χ4v) is 2.32. The summed E-state index contributed by atoms with van der Waals surface area (Å²) in [7, 11) is 0. The molecule has 2 rings (SSSR count). The van der Waals surface area contributed by atoms with Gasteiger partial charge in [-0.3, -0.25) is 0 Å². The maximum Gasteiger partial charge on any atom is 0.132 e. The van der Waals surface area contributed by atoms with Crippen molar-refractivity contribution in [2.75, 3.05) is 12.4 Å². The number of benzene rings is 1. The molecular weight excluding hydrogens is 182 g/mol. The molecule has 2 nitrogen and oxygen atoms in total. The highest BCUT2D eigenvalue weighted by Crippen LogP contribution is 2.32. The molecular formula is C10H13NOS. The minimum absolute atomic E-state index is 0.151. The van der Waals surface area contributed by atoms with Crippen LogP contribution in [0.2, 0.25) is 0 Å². The van der Waals surface area contributed by atoms with Gasteiger partial charge in [0.15, 0.2) is 0 Å². The first-order chi connectivity index (χ1) is 6.25. The number of hydrogen-bond donors (Lipinski definition) is 1. The van der Waals surface area contributed by atoms with E-state index in [2.05, 4.69) is 19.1 Å². The van der Waals surface area contributed by atoms with Crippen molar-refractivity contribution in [1.82, 2.24) is 0 Å². The largest absolute Gasteiger partial charge is 0.491 e. The summed E-state index contributed by atoms with van der Waals surface area (Å²) in [5, 5.41) is 0.